The summed E-state index contributed by atoms with van der Waals surface area (Å²) in [4.78, 5) is 24.5. The smallest absolute Gasteiger partial charge is 0.305 e. The van der Waals surface area contributed by atoms with Crippen LogP contribution in [0.4, 0.5) is 0 Å². The fourth-order valence-electron chi connectivity index (χ4n) is 11.2. The van der Waals surface area contributed by atoms with E-state index >= 15 is 0 Å². The van der Waals surface area contributed by atoms with Gasteiger partial charge in [0, 0.05) is 12.8 Å². The highest BCUT2D eigenvalue weighted by Gasteiger charge is 2.20. The molecule has 0 saturated carbocycles. The van der Waals surface area contributed by atoms with Crippen LogP contribution in [0.1, 0.15) is 393 Å². The summed E-state index contributed by atoms with van der Waals surface area (Å²) in [5, 5.41) is 23.3. The maximum Gasteiger partial charge on any atom is 0.305 e. The van der Waals surface area contributed by atoms with Crippen molar-refractivity contribution in [2.24, 2.45) is 0 Å². The van der Waals surface area contributed by atoms with Gasteiger partial charge in [-0.05, 0) is 77.0 Å². The molecule has 1 amide bonds. The van der Waals surface area contributed by atoms with Gasteiger partial charge in [-0.15, -0.1) is 0 Å². The van der Waals surface area contributed by atoms with Gasteiger partial charge < -0.3 is 20.3 Å². The number of amides is 1. The second-order valence-electron chi connectivity index (χ2n) is 24.6. The SMILES string of the molecule is CCCC/C=C\C/C=C\CCCCCCCC(=O)OCCCCCCCCCCCCCCCC/C=C\CCCCCCCCCCCCCCCCCCCC(=O)NC(CO)C(O)CCCCCCCCCCCCCCC. The van der Waals surface area contributed by atoms with Crippen LogP contribution in [-0.2, 0) is 14.3 Å². The molecule has 0 radical (unpaired) electrons. The van der Waals surface area contributed by atoms with Crippen molar-refractivity contribution < 1.29 is 24.5 Å². The minimum atomic E-state index is -0.661. The van der Waals surface area contributed by atoms with Crippen molar-refractivity contribution in [3.63, 3.8) is 0 Å². The fourth-order valence-corrected chi connectivity index (χ4v) is 11.2. The van der Waals surface area contributed by atoms with Crippen molar-refractivity contribution >= 4 is 11.9 Å². The Morgan fingerprint density at radius 1 is 0.354 bits per heavy atom. The van der Waals surface area contributed by atoms with Crippen LogP contribution in [0.5, 0.6) is 0 Å². The van der Waals surface area contributed by atoms with Crippen LogP contribution in [0.15, 0.2) is 36.5 Å². The fraction of sp³-hybridized carbons (Fsp3) is 0.890. The Morgan fingerprint density at radius 3 is 1.01 bits per heavy atom. The molecular weight excluding hydrogens is 971 g/mol. The Kier molecular flexibility index (Phi) is 66.9. The number of ether oxygens (including phenoxy) is 1. The number of aliphatic hydroxyl groups is 2. The van der Waals surface area contributed by atoms with E-state index < -0.39 is 12.1 Å². The molecule has 0 bridgehead atoms. The van der Waals surface area contributed by atoms with Gasteiger partial charge in [-0.1, -0.05) is 339 Å². The first kappa shape index (κ1) is 77.1. The van der Waals surface area contributed by atoms with E-state index in [9.17, 15) is 19.8 Å². The van der Waals surface area contributed by atoms with Gasteiger partial charge in [0.2, 0.25) is 5.91 Å². The van der Waals surface area contributed by atoms with Crippen LogP contribution in [0, 0.1) is 0 Å². The largest absolute Gasteiger partial charge is 0.466 e. The zero-order valence-corrected chi connectivity index (χ0v) is 53.4. The second-order valence-corrected chi connectivity index (χ2v) is 24.6. The summed E-state index contributed by atoms with van der Waals surface area (Å²) in [6, 6.07) is -0.538. The number of unbranched alkanes of at least 4 members (excludes halogenated alkanes) is 50. The zero-order valence-electron chi connectivity index (χ0n) is 53.4. The average molecular weight is 1110 g/mol. The maximum atomic E-state index is 12.5. The van der Waals surface area contributed by atoms with Crippen molar-refractivity contribution in [3.8, 4) is 0 Å². The zero-order chi connectivity index (χ0) is 57.1. The molecule has 0 fully saturated rings. The van der Waals surface area contributed by atoms with Crippen molar-refractivity contribution in [3.05, 3.63) is 36.5 Å². The number of rotatable bonds is 67. The molecule has 0 aromatic rings. The van der Waals surface area contributed by atoms with Crippen LogP contribution in [0.3, 0.4) is 0 Å². The minimum absolute atomic E-state index is 0.00575. The Balaban J connectivity index is 3.33. The van der Waals surface area contributed by atoms with E-state index in [4.69, 9.17) is 4.74 Å². The lowest BCUT2D eigenvalue weighted by Gasteiger charge is -2.22. The molecule has 0 aliphatic rings. The van der Waals surface area contributed by atoms with Gasteiger partial charge in [-0.25, -0.2) is 0 Å². The summed E-state index contributed by atoms with van der Waals surface area (Å²) < 4.78 is 5.48. The van der Waals surface area contributed by atoms with Crippen LogP contribution in [0.2, 0.25) is 0 Å². The molecule has 466 valence electrons. The highest BCUT2D eigenvalue weighted by molar-refractivity contribution is 5.76. The van der Waals surface area contributed by atoms with E-state index in [0.29, 0.717) is 25.9 Å². The molecule has 0 spiro atoms. The predicted molar refractivity (Wildman–Crippen MR) is 347 cm³/mol. The van der Waals surface area contributed by atoms with Gasteiger partial charge in [0.05, 0.1) is 25.4 Å². The first-order valence-corrected chi connectivity index (χ1v) is 35.7. The van der Waals surface area contributed by atoms with Crippen LogP contribution in [-0.4, -0.2) is 47.4 Å². The number of carbonyl (C=O) groups is 2. The van der Waals surface area contributed by atoms with Crippen LogP contribution < -0.4 is 5.32 Å². The van der Waals surface area contributed by atoms with Gasteiger partial charge in [0.15, 0.2) is 0 Å². The Labute approximate surface area is 494 Å². The molecule has 0 saturated heterocycles. The molecule has 2 atom stereocenters. The molecule has 0 aromatic carbocycles. The molecule has 0 aliphatic carbocycles. The molecular formula is C73H139NO5. The molecule has 3 N–H and O–H groups in total. The van der Waals surface area contributed by atoms with Crippen molar-refractivity contribution in [2.75, 3.05) is 13.2 Å². The lowest BCUT2D eigenvalue weighted by molar-refractivity contribution is -0.143. The first-order chi connectivity index (χ1) is 39.0. The van der Waals surface area contributed by atoms with E-state index in [2.05, 4.69) is 55.6 Å². The lowest BCUT2D eigenvalue weighted by Crippen LogP contribution is -2.45. The van der Waals surface area contributed by atoms with Gasteiger partial charge >= 0.3 is 5.97 Å². The number of esters is 1. The molecule has 0 aliphatic heterocycles. The average Bonchev–Trinajstić information content (AvgIpc) is 3.45. The van der Waals surface area contributed by atoms with Crippen molar-refractivity contribution in [1.82, 2.24) is 5.32 Å². The number of carbonyl (C=O) groups excluding carboxylic acids is 2. The van der Waals surface area contributed by atoms with E-state index in [0.717, 1.165) is 51.4 Å². The number of aliphatic hydroxyl groups excluding tert-OH is 2. The van der Waals surface area contributed by atoms with Gasteiger partial charge in [-0.3, -0.25) is 9.59 Å². The molecule has 79 heavy (non-hydrogen) atoms. The Bertz CT molecular complexity index is 1280. The van der Waals surface area contributed by atoms with Crippen LogP contribution in [0.25, 0.3) is 0 Å². The summed E-state index contributed by atoms with van der Waals surface area (Å²) in [5.41, 5.74) is 0. The standard InChI is InChI=1S/C73H139NO5/c1-3-5-7-9-11-13-15-17-43-47-51-55-59-63-67-73(78)79-68-64-60-56-52-48-44-40-38-36-34-32-30-28-26-24-22-20-18-19-21-23-25-27-29-31-33-35-37-39-42-46-50-54-58-62-66-72(77)74-70(69-75)71(76)65-61-57-53-49-45-41-16-14-12-10-8-6-4-2/h9,11,15,17,20,22,70-71,75-76H,3-8,10,12-14,16,18-19,21,23-69H2,1-2H3,(H,74,77)/b11-9-,17-15-,22-20-. The number of nitrogens with one attached hydrogen (secondary N) is 1. The lowest BCUT2D eigenvalue weighted by atomic mass is 10.0. The van der Waals surface area contributed by atoms with Crippen molar-refractivity contribution in [2.45, 2.75) is 405 Å². The third-order valence-electron chi connectivity index (χ3n) is 16.7. The van der Waals surface area contributed by atoms with Gasteiger partial charge in [0.25, 0.3) is 0 Å². The maximum absolute atomic E-state index is 12.5. The van der Waals surface area contributed by atoms with E-state index in [1.54, 1.807) is 0 Å². The Hall–Kier alpha value is -1.92. The Morgan fingerprint density at radius 2 is 0.646 bits per heavy atom. The normalized spacial score (nSPS) is 12.7. The third-order valence-corrected chi connectivity index (χ3v) is 16.7. The number of allylic oxidation sites excluding steroid dienone is 6. The molecule has 0 rings (SSSR count). The highest BCUT2D eigenvalue weighted by Crippen LogP contribution is 2.19. The second kappa shape index (κ2) is 68.6. The molecule has 6 nitrogen and oxygen atoms in total. The van der Waals surface area contributed by atoms with Crippen LogP contribution >= 0.6 is 0 Å². The quantitative estimate of drug-likeness (QED) is 0.0320. The highest BCUT2D eigenvalue weighted by atomic mass is 16.5. The van der Waals surface area contributed by atoms with Gasteiger partial charge in [0.1, 0.15) is 0 Å². The summed E-state index contributed by atoms with van der Waals surface area (Å²) in [6.07, 6.45) is 87.8. The predicted octanol–water partition coefficient (Wildman–Crippen LogP) is 23.1. The molecule has 0 heterocycles. The summed E-state index contributed by atoms with van der Waals surface area (Å²) >= 11 is 0. The molecule has 6 heteroatoms. The molecule has 0 aromatic heterocycles. The first-order valence-electron chi connectivity index (χ1n) is 35.7. The van der Waals surface area contributed by atoms with E-state index in [1.165, 1.54) is 308 Å². The summed E-state index contributed by atoms with van der Waals surface area (Å²) in [7, 11) is 0. The molecule has 2 unspecified atom stereocenters. The monoisotopic (exact) mass is 1110 g/mol. The number of hydrogen-bond donors (Lipinski definition) is 3. The minimum Gasteiger partial charge on any atom is -0.466 e. The van der Waals surface area contributed by atoms with E-state index in [-0.39, 0.29) is 18.5 Å². The number of hydrogen-bond acceptors (Lipinski definition) is 5. The third kappa shape index (κ3) is 65.1. The topological polar surface area (TPSA) is 95.9 Å². The van der Waals surface area contributed by atoms with Crippen molar-refractivity contribution in [1.29, 1.82) is 0 Å². The summed E-state index contributed by atoms with van der Waals surface area (Å²) in [5.74, 6) is -0.0239. The summed E-state index contributed by atoms with van der Waals surface area (Å²) in [6.45, 7) is 4.93. The van der Waals surface area contributed by atoms with Gasteiger partial charge in [-0.2, -0.15) is 0 Å². The van der Waals surface area contributed by atoms with E-state index in [1.807, 2.05) is 0 Å².